The number of nitrogens with zero attached hydrogens (tertiary/aromatic N) is 1. The first-order chi connectivity index (χ1) is 8.20. The Morgan fingerprint density at radius 2 is 2.06 bits per heavy atom. The summed E-state index contributed by atoms with van der Waals surface area (Å²) < 4.78 is 0. The van der Waals surface area contributed by atoms with Gasteiger partial charge in [-0.05, 0) is 57.5 Å². The minimum absolute atomic E-state index is 0.815. The third kappa shape index (κ3) is 3.45. The molecule has 17 heavy (non-hydrogen) atoms. The van der Waals surface area contributed by atoms with E-state index in [0.29, 0.717) is 0 Å². The number of hydrogen-bond donors (Lipinski definition) is 1. The number of likely N-dealkylation sites (tertiary alicyclic amines) is 1. The Hall–Kier alpha value is -0.0800. The zero-order valence-corrected chi connectivity index (χ0v) is 11.9. The van der Waals surface area contributed by atoms with Crippen LogP contribution in [0.5, 0.6) is 0 Å². The zero-order valence-electron chi connectivity index (χ0n) is 11.9. The Kier molecular flexibility index (Phi) is 4.87. The van der Waals surface area contributed by atoms with Crippen LogP contribution >= 0.6 is 0 Å². The monoisotopic (exact) mass is 238 g/mol. The van der Waals surface area contributed by atoms with E-state index in [-0.39, 0.29) is 0 Å². The molecule has 0 spiro atoms. The summed E-state index contributed by atoms with van der Waals surface area (Å²) in [7, 11) is 0. The average molecular weight is 238 g/mol. The van der Waals surface area contributed by atoms with Crippen LogP contribution in [0, 0.1) is 11.8 Å². The van der Waals surface area contributed by atoms with Crippen molar-refractivity contribution in [2.45, 2.75) is 65.0 Å². The van der Waals surface area contributed by atoms with Crippen LogP contribution in [0.3, 0.4) is 0 Å². The van der Waals surface area contributed by atoms with E-state index >= 15 is 0 Å². The summed E-state index contributed by atoms with van der Waals surface area (Å²) in [5.74, 6) is 1.86. The van der Waals surface area contributed by atoms with Crippen molar-refractivity contribution in [3.63, 3.8) is 0 Å². The average Bonchev–Trinajstić information content (AvgIpc) is 2.83. The molecule has 1 heterocycles. The second-order valence-corrected chi connectivity index (χ2v) is 6.33. The Balaban J connectivity index is 1.74. The van der Waals surface area contributed by atoms with E-state index in [1.54, 1.807) is 0 Å². The summed E-state index contributed by atoms with van der Waals surface area (Å²) >= 11 is 0. The van der Waals surface area contributed by atoms with Gasteiger partial charge in [0.05, 0.1) is 0 Å². The maximum Gasteiger partial charge on any atom is 0.00956 e. The highest BCUT2D eigenvalue weighted by atomic mass is 15.2. The minimum Gasteiger partial charge on any atom is -0.314 e. The number of hydrogen-bond acceptors (Lipinski definition) is 2. The summed E-state index contributed by atoms with van der Waals surface area (Å²) in [6, 6.07) is 1.64. The maximum absolute atomic E-state index is 3.67. The largest absolute Gasteiger partial charge is 0.314 e. The molecule has 1 N–H and O–H groups in total. The first-order valence-electron chi connectivity index (χ1n) is 7.68. The first-order valence-corrected chi connectivity index (χ1v) is 7.68. The van der Waals surface area contributed by atoms with Gasteiger partial charge in [0.2, 0.25) is 0 Å². The fourth-order valence-electron chi connectivity index (χ4n) is 3.94. The molecule has 0 bridgehead atoms. The number of nitrogens with one attached hydrogen (secondary N) is 1. The van der Waals surface area contributed by atoms with Crippen LogP contribution < -0.4 is 5.32 Å². The summed E-state index contributed by atoms with van der Waals surface area (Å²) in [5.41, 5.74) is 0. The second-order valence-electron chi connectivity index (χ2n) is 6.33. The Bertz CT molecular complexity index is 229. The molecular weight excluding hydrogens is 208 g/mol. The topological polar surface area (TPSA) is 15.3 Å². The van der Waals surface area contributed by atoms with Gasteiger partial charge < -0.3 is 10.2 Å². The lowest BCUT2D eigenvalue weighted by atomic mass is 9.99. The van der Waals surface area contributed by atoms with E-state index in [1.807, 2.05) is 0 Å². The summed E-state index contributed by atoms with van der Waals surface area (Å²) in [6.07, 6.45) is 7.12. The van der Waals surface area contributed by atoms with Crippen LogP contribution in [0.1, 0.15) is 52.9 Å². The molecule has 100 valence electrons. The standard InChI is InChI=1S/C15H30N2/c1-4-16-15-7-5-6-14(15)8-9-17-11-12(2)10-13(17)3/h12-16H,4-11H2,1-3H3. The van der Waals surface area contributed by atoms with Crippen LogP contribution in [0.15, 0.2) is 0 Å². The van der Waals surface area contributed by atoms with Crippen molar-refractivity contribution >= 4 is 0 Å². The Labute approximate surface area is 107 Å². The van der Waals surface area contributed by atoms with Gasteiger partial charge in [-0.25, -0.2) is 0 Å². The molecule has 0 aromatic rings. The van der Waals surface area contributed by atoms with Crippen LogP contribution in [0.4, 0.5) is 0 Å². The van der Waals surface area contributed by atoms with Crippen molar-refractivity contribution < 1.29 is 0 Å². The van der Waals surface area contributed by atoms with Gasteiger partial charge in [-0.3, -0.25) is 0 Å². The molecule has 4 unspecified atom stereocenters. The summed E-state index contributed by atoms with van der Waals surface area (Å²) in [6.45, 7) is 10.8. The molecule has 2 heteroatoms. The van der Waals surface area contributed by atoms with Crippen molar-refractivity contribution in [2.75, 3.05) is 19.6 Å². The van der Waals surface area contributed by atoms with Gasteiger partial charge in [0, 0.05) is 18.6 Å². The van der Waals surface area contributed by atoms with E-state index in [4.69, 9.17) is 0 Å². The fourth-order valence-corrected chi connectivity index (χ4v) is 3.94. The molecule has 1 aliphatic heterocycles. The zero-order chi connectivity index (χ0) is 12.3. The molecular formula is C15H30N2. The fraction of sp³-hybridized carbons (Fsp3) is 1.00. The van der Waals surface area contributed by atoms with Crippen LogP contribution in [0.25, 0.3) is 0 Å². The van der Waals surface area contributed by atoms with Gasteiger partial charge in [-0.15, -0.1) is 0 Å². The van der Waals surface area contributed by atoms with Crippen molar-refractivity contribution in [3.8, 4) is 0 Å². The highest BCUT2D eigenvalue weighted by molar-refractivity contribution is 4.86. The quantitative estimate of drug-likeness (QED) is 0.792. The van der Waals surface area contributed by atoms with Crippen molar-refractivity contribution in [3.05, 3.63) is 0 Å². The highest BCUT2D eigenvalue weighted by Gasteiger charge is 2.29. The lowest BCUT2D eigenvalue weighted by Gasteiger charge is -2.26. The lowest BCUT2D eigenvalue weighted by Crippen LogP contribution is -2.35. The van der Waals surface area contributed by atoms with Crippen LogP contribution in [0.2, 0.25) is 0 Å². The molecule has 1 saturated heterocycles. The Morgan fingerprint density at radius 3 is 2.71 bits per heavy atom. The summed E-state index contributed by atoms with van der Waals surface area (Å²) in [5, 5.41) is 3.67. The molecule has 0 aromatic heterocycles. The molecule has 2 nitrogen and oxygen atoms in total. The normalized spacial score (nSPS) is 39.0. The van der Waals surface area contributed by atoms with Crippen molar-refractivity contribution in [2.24, 2.45) is 11.8 Å². The van der Waals surface area contributed by atoms with Gasteiger partial charge in [-0.1, -0.05) is 20.3 Å². The van der Waals surface area contributed by atoms with Crippen LogP contribution in [-0.2, 0) is 0 Å². The van der Waals surface area contributed by atoms with Gasteiger partial charge in [0.25, 0.3) is 0 Å². The second kappa shape index (κ2) is 6.19. The first kappa shape index (κ1) is 13.4. The molecule has 0 radical (unpaired) electrons. The smallest absolute Gasteiger partial charge is 0.00956 e. The lowest BCUT2D eigenvalue weighted by molar-refractivity contribution is 0.233. The van der Waals surface area contributed by atoms with Gasteiger partial charge >= 0.3 is 0 Å². The van der Waals surface area contributed by atoms with Crippen molar-refractivity contribution in [1.29, 1.82) is 0 Å². The third-order valence-electron chi connectivity index (χ3n) is 4.83. The molecule has 4 atom stereocenters. The molecule has 2 rings (SSSR count). The summed E-state index contributed by atoms with van der Waals surface area (Å²) in [4.78, 5) is 2.71. The third-order valence-corrected chi connectivity index (χ3v) is 4.83. The molecule has 0 aromatic carbocycles. The van der Waals surface area contributed by atoms with E-state index < -0.39 is 0 Å². The molecule has 2 aliphatic rings. The van der Waals surface area contributed by atoms with Crippen LogP contribution in [-0.4, -0.2) is 36.6 Å². The highest BCUT2D eigenvalue weighted by Crippen LogP contribution is 2.30. The predicted molar refractivity (Wildman–Crippen MR) is 74.2 cm³/mol. The minimum atomic E-state index is 0.815. The SMILES string of the molecule is CCNC1CCCC1CCN1CC(C)CC1C. The van der Waals surface area contributed by atoms with Gasteiger partial charge in [0.1, 0.15) is 0 Å². The molecule has 0 amide bonds. The van der Waals surface area contributed by atoms with E-state index in [2.05, 4.69) is 31.0 Å². The molecule has 1 aliphatic carbocycles. The van der Waals surface area contributed by atoms with Gasteiger partial charge in [-0.2, -0.15) is 0 Å². The molecule has 1 saturated carbocycles. The predicted octanol–water partition coefficient (Wildman–Crippen LogP) is 2.89. The van der Waals surface area contributed by atoms with E-state index in [1.165, 1.54) is 45.2 Å². The molecule has 2 fully saturated rings. The van der Waals surface area contributed by atoms with Gasteiger partial charge in [0.15, 0.2) is 0 Å². The Morgan fingerprint density at radius 1 is 1.24 bits per heavy atom. The number of rotatable bonds is 5. The maximum atomic E-state index is 3.67. The van der Waals surface area contributed by atoms with E-state index in [9.17, 15) is 0 Å². The van der Waals surface area contributed by atoms with E-state index in [0.717, 1.165) is 30.5 Å². The van der Waals surface area contributed by atoms with Crippen molar-refractivity contribution in [1.82, 2.24) is 10.2 Å².